The molecule has 0 heterocycles. The molecule has 1 N–H and O–H groups in total. The van der Waals surface area contributed by atoms with Crippen LogP contribution in [0.4, 0.5) is 9.59 Å². The summed E-state index contributed by atoms with van der Waals surface area (Å²) < 4.78 is 15.1. The highest BCUT2D eigenvalue weighted by Gasteiger charge is 2.23. The first-order chi connectivity index (χ1) is 13.4. The van der Waals surface area contributed by atoms with Crippen molar-refractivity contribution >= 4 is 24.3 Å². The molecule has 2 aromatic rings. The molecule has 2 aromatic carbocycles. The van der Waals surface area contributed by atoms with E-state index in [2.05, 4.69) is 5.32 Å². The van der Waals surface area contributed by atoms with E-state index in [1.807, 2.05) is 0 Å². The fourth-order valence-corrected chi connectivity index (χ4v) is 2.24. The Bertz CT molecular complexity index is 905. The first-order valence-electron chi connectivity index (χ1n) is 8.30. The van der Waals surface area contributed by atoms with Crippen molar-refractivity contribution in [1.29, 1.82) is 0 Å². The molecule has 28 heavy (non-hydrogen) atoms. The Labute approximate surface area is 161 Å². The number of nitrogens with one attached hydrogen (secondary N) is 1. The van der Waals surface area contributed by atoms with E-state index in [0.29, 0.717) is 0 Å². The number of hydrogen-bond donors (Lipinski definition) is 1. The maximum Gasteiger partial charge on any atom is 0.514 e. The van der Waals surface area contributed by atoms with Crippen molar-refractivity contribution in [2.75, 3.05) is 7.05 Å². The van der Waals surface area contributed by atoms with Gasteiger partial charge in [-0.3, -0.25) is 9.59 Å². The summed E-state index contributed by atoms with van der Waals surface area (Å²) in [6.45, 7) is 3.31. The van der Waals surface area contributed by atoms with Crippen LogP contribution in [0.25, 0.3) is 0 Å². The molecule has 0 atom stereocenters. The second-order valence-electron chi connectivity index (χ2n) is 5.77. The van der Waals surface area contributed by atoms with Crippen LogP contribution in [-0.4, -0.2) is 37.5 Å². The quantitative estimate of drug-likeness (QED) is 0.463. The van der Waals surface area contributed by atoms with Crippen LogP contribution >= 0.6 is 0 Å². The smallest absolute Gasteiger partial charge is 0.431 e. The van der Waals surface area contributed by atoms with E-state index >= 15 is 0 Å². The third kappa shape index (κ3) is 4.94. The molecule has 0 fully saturated rings. The van der Waals surface area contributed by atoms with E-state index in [9.17, 15) is 19.2 Å². The van der Waals surface area contributed by atoms with E-state index in [0.717, 1.165) is 0 Å². The Morgan fingerprint density at radius 1 is 0.964 bits per heavy atom. The maximum absolute atomic E-state index is 13.1. The highest BCUT2D eigenvalue weighted by molar-refractivity contribution is 6.13. The van der Waals surface area contributed by atoms with Gasteiger partial charge in [-0.2, -0.15) is 0 Å². The molecule has 0 aliphatic heterocycles. The van der Waals surface area contributed by atoms with Crippen LogP contribution in [0.1, 0.15) is 35.3 Å². The lowest BCUT2D eigenvalue weighted by molar-refractivity contribution is 0.0725. The van der Waals surface area contributed by atoms with Gasteiger partial charge in [-0.1, -0.05) is 18.2 Å². The van der Waals surface area contributed by atoms with Crippen molar-refractivity contribution in [2.24, 2.45) is 0 Å². The minimum atomic E-state index is -0.966. The Balaban J connectivity index is 2.46. The summed E-state index contributed by atoms with van der Waals surface area (Å²) in [7, 11) is 1.33. The Morgan fingerprint density at radius 2 is 1.64 bits per heavy atom. The highest BCUT2D eigenvalue weighted by Crippen LogP contribution is 2.29. The van der Waals surface area contributed by atoms with Gasteiger partial charge in [0.15, 0.2) is 5.75 Å². The Morgan fingerprint density at radius 3 is 2.29 bits per heavy atom. The lowest BCUT2D eigenvalue weighted by Crippen LogP contribution is -2.24. The molecule has 0 bridgehead atoms. The van der Waals surface area contributed by atoms with Crippen LogP contribution in [0.15, 0.2) is 42.5 Å². The van der Waals surface area contributed by atoms with Crippen LogP contribution in [-0.2, 0) is 9.53 Å². The van der Waals surface area contributed by atoms with Gasteiger partial charge in [0, 0.05) is 7.05 Å². The van der Waals surface area contributed by atoms with Gasteiger partial charge in [-0.05, 0) is 38.1 Å². The van der Waals surface area contributed by atoms with Gasteiger partial charge in [0.05, 0.1) is 22.8 Å². The molecule has 0 saturated carbocycles. The average Bonchev–Trinajstić information content (AvgIpc) is 2.67. The molecular weight excluding hydrogens is 366 g/mol. The van der Waals surface area contributed by atoms with Gasteiger partial charge in [0.25, 0.3) is 0 Å². The van der Waals surface area contributed by atoms with E-state index < -0.39 is 24.1 Å². The monoisotopic (exact) mass is 384 g/mol. The van der Waals surface area contributed by atoms with Gasteiger partial charge < -0.3 is 19.5 Å². The molecule has 1 radical (unpaired) electrons. The average molecular weight is 384 g/mol. The van der Waals surface area contributed by atoms with E-state index in [4.69, 9.17) is 14.2 Å². The lowest BCUT2D eigenvalue weighted by atomic mass is 9.99. The third-order valence-electron chi connectivity index (χ3n) is 3.43. The summed E-state index contributed by atoms with van der Waals surface area (Å²) in [5, 5.41) is 2.24. The number of amides is 1. The zero-order chi connectivity index (χ0) is 20.7. The van der Waals surface area contributed by atoms with Crippen LogP contribution in [0.5, 0.6) is 11.5 Å². The number of ether oxygens (including phenoxy) is 3. The highest BCUT2D eigenvalue weighted by atomic mass is 16.7. The van der Waals surface area contributed by atoms with Gasteiger partial charge in [-0.25, -0.2) is 9.59 Å². The first-order valence-corrected chi connectivity index (χ1v) is 8.30. The number of benzene rings is 2. The minimum Gasteiger partial charge on any atom is -0.431 e. The van der Waals surface area contributed by atoms with Crippen molar-refractivity contribution in [3.05, 3.63) is 59.2 Å². The number of para-hydroxylation sites is 2. The fourth-order valence-electron chi connectivity index (χ4n) is 2.24. The maximum atomic E-state index is 13.1. The predicted octanol–water partition coefficient (Wildman–Crippen LogP) is 3.02. The van der Waals surface area contributed by atoms with Crippen LogP contribution in [0, 0.1) is 0 Å². The van der Waals surface area contributed by atoms with Crippen LogP contribution in [0.2, 0.25) is 0 Å². The standard InChI is InChI=1S/C20H18NO7/c1-12(2)26-20(25)27-16-10-5-4-8-14(16)17(23)15-9-6-7-13(11-22)18(15)28-19(24)21-3/h4-10,12H,1-3H3,(H,21,24). The molecule has 0 aromatic heterocycles. The molecule has 145 valence electrons. The van der Waals surface area contributed by atoms with Crippen molar-refractivity contribution in [1.82, 2.24) is 5.32 Å². The van der Waals surface area contributed by atoms with Crippen molar-refractivity contribution in [3.63, 3.8) is 0 Å². The molecule has 0 spiro atoms. The molecule has 1 amide bonds. The molecule has 0 aliphatic carbocycles. The molecule has 0 unspecified atom stereocenters. The zero-order valence-corrected chi connectivity index (χ0v) is 15.5. The number of rotatable bonds is 6. The van der Waals surface area contributed by atoms with Crippen LogP contribution in [0.3, 0.4) is 0 Å². The zero-order valence-electron chi connectivity index (χ0n) is 15.5. The molecule has 8 nitrogen and oxygen atoms in total. The van der Waals surface area contributed by atoms with Gasteiger partial charge >= 0.3 is 12.2 Å². The van der Waals surface area contributed by atoms with E-state index in [1.54, 1.807) is 32.3 Å². The Hall–Kier alpha value is -3.68. The predicted molar refractivity (Wildman–Crippen MR) is 98.4 cm³/mol. The van der Waals surface area contributed by atoms with Gasteiger partial charge in [-0.15, -0.1) is 0 Å². The largest absolute Gasteiger partial charge is 0.514 e. The number of ketones is 1. The summed E-state index contributed by atoms with van der Waals surface area (Å²) in [6, 6.07) is 10.2. The summed E-state index contributed by atoms with van der Waals surface area (Å²) in [5.74, 6) is -0.908. The fraction of sp³-hybridized carbons (Fsp3) is 0.200. The van der Waals surface area contributed by atoms with Crippen molar-refractivity contribution in [2.45, 2.75) is 20.0 Å². The second-order valence-corrected chi connectivity index (χ2v) is 5.77. The number of carbonyl (C=O) groups excluding carboxylic acids is 4. The molecule has 0 aliphatic rings. The molecule has 2 rings (SSSR count). The minimum absolute atomic E-state index is 0.0213. The van der Waals surface area contributed by atoms with Gasteiger partial charge in [0.2, 0.25) is 12.1 Å². The topological polar surface area (TPSA) is 108 Å². The first kappa shape index (κ1) is 20.6. The normalized spacial score (nSPS) is 10.1. The summed E-state index contributed by atoms with van der Waals surface area (Å²) in [5.41, 5.74) is -0.155. The summed E-state index contributed by atoms with van der Waals surface area (Å²) in [6.07, 6.45) is -0.598. The number of carbonyl (C=O) groups is 3. The second kappa shape index (κ2) is 9.31. The van der Waals surface area contributed by atoms with E-state index in [1.165, 1.54) is 37.4 Å². The van der Waals surface area contributed by atoms with Crippen molar-refractivity contribution < 1.29 is 33.4 Å². The SMILES string of the molecule is CNC(=O)Oc1c([C]=O)cccc1C(=O)c1ccccc1OC(=O)OC(C)C. The Kier molecular flexibility index (Phi) is 6.86. The molecule has 8 heteroatoms. The number of hydrogen-bond acceptors (Lipinski definition) is 7. The van der Waals surface area contributed by atoms with Gasteiger partial charge in [0.1, 0.15) is 5.75 Å². The van der Waals surface area contributed by atoms with Crippen LogP contribution < -0.4 is 14.8 Å². The molecule has 0 saturated heterocycles. The lowest BCUT2D eigenvalue weighted by Gasteiger charge is -2.13. The summed E-state index contributed by atoms with van der Waals surface area (Å²) in [4.78, 5) is 47.7. The van der Waals surface area contributed by atoms with E-state index in [-0.39, 0.29) is 28.2 Å². The molecular formula is C20H18NO7. The third-order valence-corrected chi connectivity index (χ3v) is 3.43. The van der Waals surface area contributed by atoms with Crippen molar-refractivity contribution in [3.8, 4) is 11.5 Å². The summed E-state index contributed by atoms with van der Waals surface area (Å²) >= 11 is 0.